The van der Waals surface area contributed by atoms with E-state index in [0.717, 1.165) is 5.56 Å². The molecule has 0 saturated carbocycles. The predicted molar refractivity (Wildman–Crippen MR) is 48.5 cm³/mol. The highest BCUT2D eigenvalue weighted by Crippen LogP contribution is 2.15. The molecule has 0 aliphatic carbocycles. The molecule has 0 saturated heterocycles. The minimum Gasteiger partial charge on any atom is -0.398 e. The van der Waals surface area contributed by atoms with E-state index in [1.807, 2.05) is 6.07 Å². The molecule has 63 valence electrons. The van der Waals surface area contributed by atoms with Gasteiger partial charge in [-0.05, 0) is 6.07 Å². The van der Waals surface area contributed by atoms with Gasteiger partial charge < -0.3 is 5.73 Å². The van der Waals surface area contributed by atoms with Crippen LogP contribution in [0.15, 0.2) is 30.9 Å². The van der Waals surface area contributed by atoms with Crippen molar-refractivity contribution >= 4 is 5.69 Å². The summed E-state index contributed by atoms with van der Waals surface area (Å²) in [6.45, 7) is 0. The molecule has 0 amide bonds. The molecule has 1 aromatic heterocycles. The van der Waals surface area contributed by atoms with Crippen LogP contribution >= 0.6 is 0 Å². The number of benzene rings is 1. The largest absolute Gasteiger partial charge is 0.398 e. The van der Waals surface area contributed by atoms with Crippen LogP contribution in [0.25, 0.3) is 11.4 Å². The Balaban J connectivity index is 2.48. The number of rotatable bonds is 1. The zero-order chi connectivity index (χ0) is 9.10. The molecule has 13 heavy (non-hydrogen) atoms. The SMILES string of the molecule is Nc1[c]ccc(-c2ncncn2)c1. The van der Waals surface area contributed by atoms with Crippen molar-refractivity contribution in [2.45, 2.75) is 0 Å². The minimum atomic E-state index is 0.581. The Kier molecular flexibility index (Phi) is 1.88. The summed E-state index contributed by atoms with van der Waals surface area (Å²) in [5, 5.41) is 0. The van der Waals surface area contributed by atoms with Gasteiger partial charge in [0.1, 0.15) is 12.7 Å². The molecule has 0 bridgehead atoms. The molecular formula is C9H7N4. The van der Waals surface area contributed by atoms with Gasteiger partial charge in [0.2, 0.25) is 0 Å². The molecule has 0 unspecified atom stereocenters. The van der Waals surface area contributed by atoms with Crippen LogP contribution in [-0.4, -0.2) is 15.0 Å². The van der Waals surface area contributed by atoms with Gasteiger partial charge in [-0.2, -0.15) is 0 Å². The van der Waals surface area contributed by atoms with Crippen LogP contribution in [-0.2, 0) is 0 Å². The van der Waals surface area contributed by atoms with E-state index in [2.05, 4.69) is 21.0 Å². The monoisotopic (exact) mass is 171 g/mol. The van der Waals surface area contributed by atoms with Crippen LogP contribution in [0.2, 0.25) is 0 Å². The standard InChI is InChI=1S/C9H7N4/c10-8-3-1-2-7(4-8)9-12-5-11-6-13-9/h1-2,4-6H,10H2. The van der Waals surface area contributed by atoms with Gasteiger partial charge in [0.15, 0.2) is 5.82 Å². The maximum Gasteiger partial charge on any atom is 0.162 e. The van der Waals surface area contributed by atoms with Gasteiger partial charge in [-0.3, -0.25) is 0 Å². The van der Waals surface area contributed by atoms with Gasteiger partial charge in [-0.1, -0.05) is 12.1 Å². The van der Waals surface area contributed by atoms with E-state index in [9.17, 15) is 0 Å². The van der Waals surface area contributed by atoms with Crippen LogP contribution in [0, 0.1) is 6.07 Å². The first-order valence-electron chi connectivity index (χ1n) is 3.76. The van der Waals surface area contributed by atoms with Gasteiger partial charge >= 0.3 is 0 Å². The Morgan fingerprint density at radius 1 is 1.23 bits per heavy atom. The third-order valence-corrected chi connectivity index (χ3v) is 1.58. The summed E-state index contributed by atoms with van der Waals surface area (Å²) in [7, 11) is 0. The van der Waals surface area contributed by atoms with E-state index < -0.39 is 0 Å². The average molecular weight is 171 g/mol. The molecule has 1 radical (unpaired) electrons. The lowest BCUT2D eigenvalue weighted by atomic mass is 10.2. The lowest BCUT2D eigenvalue weighted by Crippen LogP contribution is -1.90. The summed E-state index contributed by atoms with van der Waals surface area (Å²) in [5.41, 5.74) is 7.02. The quantitative estimate of drug-likeness (QED) is 0.648. The Hall–Kier alpha value is -1.97. The van der Waals surface area contributed by atoms with Crippen LogP contribution in [0.4, 0.5) is 5.69 Å². The van der Waals surface area contributed by atoms with E-state index in [1.54, 1.807) is 12.1 Å². The van der Waals surface area contributed by atoms with E-state index in [0.29, 0.717) is 11.5 Å². The Morgan fingerprint density at radius 2 is 2.00 bits per heavy atom. The smallest absolute Gasteiger partial charge is 0.162 e. The van der Waals surface area contributed by atoms with Crippen LogP contribution in [0.1, 0.15) is 0 Å². The van der Waals surface area contributed by atoms with Crippen molar-refractivity contribution < 1.29 is 0 Å². The molecule has 4 heteroatoms. The number of nitrogen functional groups attached to an aromatic ring is 1. The fourth-order valence-corrected chi connectivity index (χ4v) is 1.01. The van der Waals surface area contributed by atoms with Crippen molar-refractivity contribution in [2.75, 3.05) is 5.73 Å². The van der Waals surface area contributed by atoms with E-state index >= 15 is 0 Å². The van der Waals surface area contributed by atoms with Crippen molar-refractivity contribution in [1.29, 1.82) is 0 Å². The summed E-state index contributed by atoms with van der Waals surface area (Å²) in [6.07, 6.45) is 2.91. The molecule has 4 nitrogen and oxygen atoms in total. The Labute approximate surface area is 75.5 Å². The molecule has 2 rings (SSSR count). The van der Waals surface area contributed by atoms with E-state index in [1.165, 1.54) is 12.7 Å². The highest BCUT2D eigenvalue weighted by molar-refractivity contribution is 5.59. The molecule has 0 spiro atoms. The zero-order valence-corrected chi connectivity index (χ0v) is 6.81. The Morgan fingerprint density at radius 3 is 2.69 bits per heavy atom. The fourth-order valence-electron chi connectivity index (χ4n) is 1.01. The molecule has 0 atom stereocenters. The van der Waals surface area contributed by atoms with Gasteiger partial charge in [-0.25, -0.2) is 15.0 Å². The molecule has 1 heterocycles. The summed E-state index contributed by atoms with van der Waals surface area (Å²) in [5.74, 6) is 0.621. The maximum atomic E-state index is 5.57. The second kappa shape index (κ2) is 3.18. The summed E-state index contributed by atoms with van der Waals surface area (Å²) in [6, 6.07) is 8.22. The zero-order valence-electron chi connectivity index (χ0n) is 6.81. The van der Waals surface area contributed by atoms with Crippen molar-refractivity contribution in [3.8, 4) is 11.4 Å². The highest BCUT2D eigenvalue weighted by Gasteiger charge is 1.98. The number of anilines is 1. The molecule has 0 aliphatic rings. The first kappa shape index (κ1) is 7.67. The average Bonchev–Trinajstić information content (AvgIpc) is 2.19. The van der Waals surface area contributed by atoms with Crippen molar-refractivity contribution in [1.82, 2.24) is 15.0 Å². The summed E-state index contributed by atoms with van der Waals surface area (Å²) >= 11 is 0. The fraction of sp³-hybridized carbons (Fsp3) is 0. The van der Waals surface area contributed by atoms with Crippen molar-refractivity contribution in [3.05, 3.63) is 36.9 Å². The summed E-state index contributed by atoms with van der Waals surface area (Å²) in [4.78, 5) is 11.7. The number of hydrogen-bond acceptors (Lipinski definition) is 4. The maximum absolute atomic E-state index is 5.57. The highest BCUT2D eigenvalue weighted by atomic mass is 15.0. The van der Waals surface area contributed by atoms with Crippen LogP contribution < -0.4 is 5.73 Å². The van der Waals surface area contributed by atoms with Crippen molar-refractivity contribution in [3.63, 3.8) is 0 Å². The molecule has 2 N–H and O–H groups in total. The topological polar surface area (TPSA) is 64.7 Å². The Bertz CT molecular complexity index is 399. The van der Waals surface area contributed by atoms with Gasteiger partial charge in [0.05, 0.1) is 0 Å². The van der Waals surface area contributed by atoms with Crippen molar-refractivity contribution in [2.24, 2.45) is 0 Å². The first-order valence-corrected chi connectivity index (χ1v) is 3.76. The lowest BCUT2D eigenvalue weighted by molar-refractivity contribution is 1.06. The minimum absolute atomic E-state index is 0.581. The molecule has 1 aromatic carbocycles. The normalized spacial score (nSPS) is 9.85. The third kappa shape index (κ3) is 1.61. The lowest BCUT2D eigenvalue weighted by Gasteiger charge is -1.98. The van der Waals surface area contributed by atoms with Gasteiger partial charge in [-0.15, -0.1) is 0 Å². The van der Waals surface area contributed by atoms with Crippen LogP contribution in [0.3, 0.4) is 0 Å². The van der Waals surface area contributed by atoms with E-state index in [4.69, 9.17) is 5.73 Å². The van der Waals surface area contributed by atoms with Gasteiger partial charge in [0.25, 0.3) is 0 Å². The third-order valence-electron chi connectivity index (χ3n) is 1.58. The molecule has 2 aromatic rings. The molecule has 0 fully saturated rings. The second-order valence-electron chi connectivity index (χ2n) is 2.49. The van der Waals surface area contributed by atoms with E-state index in [-0.39, 0.29) is 0 Å². The van der Waals surface area contributed by atoms with Gasteiger partial charge in [0, 0.05) is 17.3 Å². The summed E-state index contributed by atoms with van der Waals surface area (Å²) < 4.78 is 0. The number of aromatic nitrogens is 3. The predicted octanol–water partition coefficient (Wildman–Crippen LogP) is 0.921. The molecule has 0 aliphatic heterocycles. The number of hydrogen-bond donors (Lipinski definition) is 1. The number of nitrogens with two attached hydrogens (primary N) is 1. The first-order chi connectivity index (χ1) is 6.36. The molecular weight excluding hydrogens is 164 g/mol. The van der Waals surface area contributed by atoms with Crippen LogP contribution in [0.5, 0.6) is 0 Å². The number of nitrogens with zero attached hydrogens (tertiary/aromatic N) is 3. The second-order valence-corrected chi connectivity index (χ2v) is 2.49.